The third-order valence-corrected chi connectivity index (χ3v) is 5.66. The molecule has 2 aromatic carbocycles. The number of nitrogens with zero attached hydrogens (tertiary/aromatic N) is 4. The minimum atomic E-state index is -0.203. The zero-order valence-corrected chi connectivity index (χ0v) is 17.3. The van der Waals surface area contributed by atoms with E-state index in [-0.39, 0.29) is 18.1 Å². The van der Waals surface area contributed by atoms with Gasteiger partial charge in [0.05, 0.1) is 29.7 Å². The van der Waals surface area contributed by atoms with Crippen molar-refractivity contribution in [2.75, 3.05) is 11.9 Å². The average Bonchev–Trinajstić information content (AvgIpc) is 3.25. The van der Waals surface area contributed by atoms with Crippen LogP contribution in [-0.2, 0) is 4.74 Å². The zero-order chi connectivity index (χ0) is 21.9. The molecule has 2 unspecified atom stereocenters. The van der Waals surface area contributed by atoms with E-state index in [0.29, 0.717) is 17.9 Å². The van der Waals surface area contributed by atoms with Crippen LogP contribution in [-0.4, -0.2) is 27.3 Å². The molecule has 1 fully saturated rings. The van der Waals surface area contributed by atoms with Crippen LogP contribution in [0.4, 0.5) is 5.69 Å². The Morgan fingerprint density at radius 2 is 1.94 bits per heavy atom. The summed E-state index contributed by atoms with van der Waals surface area (Å²) >= 11 is 0. The molecule has 7 heteroatoms. The number of pyridine rings is 1. The number of benzene rings is 2. The number of nitrogens with one attached hydrogen (secondary N) is 1. The highest BCUT2D eigenvalue weighted by molar-refractivity contribution is 6.04. The molecule has 0 spiro atoms. The Hall–Kier alpha value is -4.02. The molecule has 2 aromatic heterocycles. The molecule has 158 valence electrons. The molecule has 0 radical (unpaired) electrons. The van der Waals surface area contributed by atoms with Crippen molar-refractivity contribution in [1.82, 2.24) is 14.8 Å². The fourth-order valence-electron chi connectivity index (χ4n) is 3.97. The van der Waals surface area contributed by atoms with Crippen LogP contribution in [0, 0.1) is 17.2 Å². The summed E-state index contributed by atoms with van der Waals surface area (Å²) in [4.78, 5) is 16.3. The summed E-state index contributed by atoms with van der Waals surface area (Å²) in [5.41, 5.74) is 4.01. The van der Waals surface area contributed by atoms with Gasteiger partial charge in [-0.25, -0.2) is 4.68 Å². The molecule has 0 bridgehead atoms. The number of hydrogen-bond acceptors (Lipinski definition) is 5. The SMILES string of the molecule is N#CC1CCC(n2nc(-c3ccc(NC(=O)c4cccnc4)cc3)c3ccccc32)OC1. The molecule has 5 rings (SSSR count). The minimum Gasteiger partial charge on any atom is -0.355 e. The van der Waals surface area contributed by atoms with E-state index in [1.54, 1.807) is 18.3 Å². The molecule has 0 saturated carbocycles. The number of aromatic nitrogens is 3. The number of hydrogen-bond donors (Lipinski definition) is 1. The van der Waals surface area contributed by atoms with E-state index in [2.05, 4.69) is 16.4 Å². The first-order chi connectivity index (χ1) is 15.7. The summed E-state index contributed by atoms with van der Waals surface area (Å²) in [5.74, 6) is -0.257. The Labute approximate surface area is 185 Å². The van der Waals surface area contributed by atoms with Crippen LogP contribution in [0.2, 0.25) is 0 Å². The molecule has 1 N–H and O–H groups in total. The van der Waals surface area contributed by atoms with Crippen molar-refractivity contribution in [3.05, 3.63) is 78.6 Å². The van der Waals surface area contributed by atoms with Gasteiger partial charge in [-0.15, -0.1) is 0 Å². The number of carbonyl (C=O) groups excluding carboxylic acids is 1. The zero-order valence-electron chi connectivity index (χ0n) is 17.3. The van der Waals surface area contributed by atoms with Crippen molar-refractivity contribution < 1.29 is 9.53 Å². The first kappa shape index (κ1) is 19.9. The van der Waals surface area contributed by atoms with Crippen LogP contribution < -0.4 is 5.32 Å². The number of ether oxygens (including phenoxy) is 1. The number of anilines is 1. The van der Waals surface area contributed by atoms with Gasteiger partial charge in [0, 0.05) is 29.0 Å². The minimum absolute atomic E-state index is 0.0537. The van der Waals surface area contributed by atoms with Crippen LogP contribution in [0.3, 0.4) is 0 Å². The van der Waals surface area contributed by atoms with Crippen molar-refractivity contribution >= 4 is 22.5 Å². The van der Waals surface area contributed by atoms with E-state index in [9.17, 15) is 4.79 Å². The molecule has 0 aliphatic carbocycles. The molecule has 4 aromatic rings. The van der Waals surface area contributed by atoms with Crippen LogP contribution in [0.5, 0.6) is 0 Å². The quantitative estimate of drug-likeness (QED) is 0.509. The molecule has 1 aliphatic rings. The van der Waals surface area contributed by atoms with E-state index in [0.717, 1.165) is 35.0 Å². The third-order valence-electron chi connectivity index (χ3n) is 5.66. The molecule has 3 heterocycles. The van der Waals surface area contributed by atoms with Crippen LogP contribution in [0.15, 0.2) is 73.1 Å². The standard InChI is InChI=1S/C25H21N5O2/c26-14-17-7-12-23(32-16-17)30-22-6-2-1-5-21(22)24(29-30)18-8-10-20(11-9-18)28-25(31)19-4-3-13-27-15-19/h1-6,8-11,13,15,17,23H,7,12,16H2,(H,28,31). The molecular weight excluding hydrogens is 402 g/mol. The van der Waals surface area contributed by atoms with E-state index < -0.39 is 0 Å². The van der Waals surface area contributed by atoms with E-state index in [4.69, 9.17) is 15.1 Å². The highest BCUT2D eigenvalue weighted by Gasteiger charge is 2.25. The third kappa shape index (κ3) is 3.84. The number of carbonyl (C=O) groups is 1. The van der Waals surface area contributed by atoms with Crippen LogP contribution in [0.25, 0.3) is 22.2 Å². The topological polar surface area (TPSA) is 92.8 Å². The molecule has 1 aliphatic heterocycles. The van der Waals surface area contributed by atoms with Gasteiger partial charge in [0.2, 0.25) is 0 Å². The fourth-order valence-corrected chi connectivity index (χ4v) is 3.97. The maximum absolute atomic E-state index is 12.4. The Kier molecular flexibility index (Phi) is 5.36. The summed E-state index contributed by atoms with van der Waals surface area (Å²) < 4.78 is 7.88. The van der Waals surface area contributed by atoms with Crippen molar-refractivity contribution in [2.45, 2.75) is 19.1 Å². The fraction of sp³-hybridized carbons (Fsp3) is 0.200. The Bertz CT molecular complexity index is 1280. The van der Waals surface area contributed by atoms with Crippen LogP contribution >= 0.6 is 0 Å². The number of fused-ring (bicyclic) bond motifs is 1. The van der Waals surface area contributed by atoms with Crippen molar-refractivity contribution in [1.29, 1.82) is 5.26 Å². The lowest BCUT2D eigenvalue weighted by molar-refractivity contribution is -0.0515. The monoisotopic (exact) mass is 423 g/mol. The lowest BCUT2D eigenvalue weighted by Gasteiger charge is -2.26. The summed E-state index contributed by atoms with van der Waals surface area (Å²) in [5, 5.41) is 17.9. The normalized spacial score (nSPS) is 18.2. The van der Waals surface area contributed by atoms with Gasteiger partial charge in [-0.1, -0.05) is 30.3 Å². The predicted molar refractivity (Wildman–Crippen MR) is 121 cm³/mol. The highest BCUT2D eigenvalue weighted by atomic mass is 16.5. The lowest BCUT2D eigenvalue weighted by Crippen LogP contribution is -2.24. The predicted octanol–water partition coefficient (Wildman–Crippen LogP) is 4.80. The summed E-state index contributed by atoms with van der Waals surface area (Å²) in [7, 11) is 0. The van der Waals surface area contributed by atoms with E-state index >= 15 is 0 Å². The maximum atomic E-state index is 12.4. The van der Waals surface area contributed by atoms with Gasteiger partial charge >= 0.3 is 0 Å². The molecule has 2 atom stereocenters. The number of para-hydroxylation sites is 1. The van der Waals surface area contributed by atoms with E-state index in [1.165, 1.54) is 6.20 Å². The maximum Gasteiger partial charge on any atom is 0.257 e. The second-order valence-corrected chi connectivity index (χ2v) is 7.77. The highest BCUT2D eigenvalue weighted by Crippen LogP contribution is 2.34. The van der Waals surface area contributed by atoms with Gasteiger partial charge < -0.3 is 10.1 Å². The van der Waals surface area contributed by atoms with Crippen molar-refractivity contribution in [3.8, 4) is 17.3 Å². The van der Waals surface area contributed by atoms with Gasteiger partial charge in [0.15, 0.2) is 6.23 Å². The Morgan fingerprint density at radius 3 is 2.66 bits per heavy atom. The number of nitriles is 1. The first-order valence-electron chi connectivity index (χ1n) is 10.5. The largest absolute Gasteiger partial charge is 0.355 e. The second kappa shape index (κ2) is 8.61. The molecule has 1 amide bonds. The van der Waals surface area contributed by atoms with Crippen LogP contribution in [0.1, 0.15) is 29.4 Å². The number of amides is 1. The Balaban J connectivity index is 1.41. The van der Waals surface area contributed by atoms with E-state index in [1.807, 2.05) is 53.2 Å². The van der Waals surface area contributed by atoms with Crippen molar-refractivity contribution in [2.24, 2.45) is 5.92 Å². The molecule has 32 heavy (non-hydrogen) atoms. The smallest absolute Gasteiger partial charge is 0.257 e. The van der Waals surface area contributed by atoms with Gasteiger partial charge in [-0.05, 0) is 43.2 Å². The average molecular weight is 423 g/mol. The van der Waals surface area contributed by atoms with Gasteiger partial charge in [-0.3, -0.25) is 9.78 Å². The second-order valence-electron chi connectivity index (χ2n) is 7.77. The summed E-state index contributed by atoms with van der Waals surface area (Å²) in [6.45, 7) is 0.427. The molecule has 7 nitrogen and oxygen atoms in total. The summed E-state index contributed by atoms with van der Waals surface area (Å²) in [6, 6.07) is 21.4. The van der Waals surface area contributed by atoms with Crippen molar-refractivity contribution in [3.63, 3.8) is 0 Å². The lowest BCUT2D eigenvalue weighted by atomic mass is 10.0. The van der Waals surface area contributed by atoms with Gasteiger partial charge in [0.25, 0.3) is 5.91 Å². The molecular formula is C25H21N5O2. The van der Waals surface area contributed by atoms with Gasteiger partial charge in [0.1, 0.15) is 5.69 Å². The summed E-state index contributed by atoms with van der Waals surface area (Å²) in [6.07, 6.45) is 4.54. The van der Waals surface area contributed by atoms with Gasteiger partial charge in [-0.2, -0.15) is 10.4 Å². The Morgan fingerprint density at radius 1 is 1.09 bits per heavy atom. The first-order valence-corrected chi connectivity index (χ1v) is 10.5. The molecule has 1 saturated heterocycles. The number of rotatable bonds is 4.